The van der Waals surface area contributed by atoms with Crippen LogP contribution < -0.4 is 5.32 Å². The molecule has 0 aromatic heterocycles. The normalized spacial score (nSPS) is 18.4. The third kappa shape index (κ3) is 2.39. The van der Waals surface area contributed by atoms with Gasteiger partial charge in [0.05, 0.1) is 0 Å². The fourth-order valence-corrected chi connectivity index (χ4v) is 2.77. The number of carbonyl (C=O) groups excluding carboxylic acids is 1. The lowest BCUT2D eigenvalue weighted by Crippen LogP contribution is -2.21. The molecule has 1 aliphatic heterocycles. The molecular formula is C17H17NO. The van der Waals surface area contributed by atoms with Crippen LogP contribution in [0.3, 0.4) is 0 Å². The van der Waals surface area contributed by atoms with Crippen molar-refractivity contribution in [2.45, 2.75) is 25.8 Å². The molecule has 2 nitrogen and oxygen atoms in total. The Hall–Kier alpha value is -2.09. The maximum atomic E-state index is 11.9. The lowest BCUT2D eigenvalue weighted by molar-refractivity contribution is -0.121. The Morgan fingerprint density at radius 3 is 2.68 bits per heavy atom. The lowest BCUT2D eigenvalue weighted by Gasteiger charge is -2.17. The molecule has 1 aliphatic rings. The van der Waals surface area contributed by atoms with Gasteiger partial charge in [-0.2, -0.15) is 0 Å². The largest absolute Gasteiger partial charge is 0.352 e. The van der Waals surface area contributed by atoms with Crippen LogP contribution in [0.2, 0.25) is 0 Å². The number of hydrogen-bond acceptors (Lipinski definition) is 1. The van der Waals surface area contributed by atoms with E-state index < -0.39 is 0 Å². The monoisotopic (exact) mass is 251 g/mol. The van der Waals surface area contributed by atoms with Crippen LogP contribution in [0.15, 0.2) is 48.5 Å². The topological polar surface area (TPSA) is 29.1 Å². The van der Waals surface area contributed by atoms with E-state index in [-0.39, 0.29) is 11.8 Å². The molecule has 0 spiro atoms. The predicted molar refractivity (Wildman–Crippen MR) is 75.9 cm³/mol. The van der Waals surface area contributed by atoms with Gasteiger partial charge in [0.25, 0.3) is 0 Å². The van der Waals surface area contributed by atoms with E-state index in [1.165, 1.54) is 22.3 Å². The van der Waals surface area contributed by atoms with Gasteiger partial charge in [0.2, 0.25) is 5.91 Å². The Morgan fingerprint density at radius 1 is 1.11 bits per heavy atom. The van der Waals surface area contributed by atoms with E-state index in [1.807, 2.05) is 18.2 Å². The second-order valence-corrected chi connectivity index (χ2v) is 5.15. The quantitative estimate of drug-likeness (QED) is 0.828. The third-order valence-electron chi connectivity index (χ3n) is 3.74. The van der Waals surface area contributed by atoms with Crippen LogP contribution in [-0.4, -0.2) is 5.91 Å². The number of benzene rings is 2. The summed E-state index contributed by atoms with van der Waals surface area (Å²) >= 11 is 0. The fourth-order valence-electron chi connectivity index (χ4n) is 2.77. The minimum Gasteiger partial charge on any atom is -0.352 e. The van der Waals surface area contributed by atoms with E-state index in [1.54, 1.807) is 0 Å². The zero-order valence-corrected chi connectivity index (χ0v) is 11.0. The molecule has 0 bridgehead atoms. The second kappa shape index (κ2) is 4.88. The molecule has 0 aliphatic carbocycles. The van der Waals surface area contributed by atoms with Crippen LogP contribution >= 0.6 is 0 Å². The van der Waals surface area contributed by atoms with Crippen molar-refractivity contribution in [1.82, 2.24) is 5.32 Å². The van der Waals surface area contributed by atoms with Gasteiger partial charge >= 0.3 is 0 Å². The van der Waals surface area contributed by atoms with Crippen LogP contribution in [0.1, 0.15) is 34.6 Å². The second-order valence-electron chi connectivity index (χ2n) is 5.15. The van der Waals surface area contributed by atoms with Gasteiger partial charge in [-0.05, 0) is 23.6 Å². The van der Waals surface area contributed by atoms with Crippen LogP contribution in [-0.2, 0) is 11.3 Å². The molecule has 19 heavy (non-hydrogen) atoms. The van der Waals surface area contributed by atoms with Gasteiger partial charge in [-0.3, -0.25) is 4.79 Å². The highest BCUT2D eigenvalue weighted by molar-refractivity contribution is 5.78. The lowest BCUT2D eigenvalue weighted by atomic mass is 9.86. The van der Waals surface area contributed by atoms with Crippen LogP contribution in [0.5, 0.6) is 0 Å². The minimum absolute atomic E-state index is 0.128. The van der Waals surface area contributed by atoms with Crippen molar-refractivity contribution in [3.8, 4) is 0 Å². The summed E-state index contributed by atoms with van der Waals surface area (Å²) in [4.78, 5) is 11.9. The number of rotatable bonds is 1. The number of nitrogens with one attached hydrogen (secondary N) is 1. The molecule has 1 unspecified atom stereocenters. The van der Waals surface area contributed by atoms with Crippen molar-refractivity contribution >= 4 is 5.91 Å². The van der Waals surface area contributed by atoms with Gasteiger partial charge in [0, 0.05) is 18.9 Å². The zero-order valence-electron chi connectivity index (χ0n) is 11.0. The summed E-state index contributed by atoms with van der Waals surface area (Å²) in [6.45, 7) is 2.73. The molecule has 0 saturated heterocycles. The molecular weight excluding hydrogens is 234 g/mol. The molecule has 2 aromatic rings. The van der Waals surface area contributed by atoms with Crippen molar-refractivity contribution in [2.24, 2.45) is 0 Å². The first-order chi connectivity index (χ1) is 9.24. The molecule has 0 radical (unpaired) electrons. The average Bonchev–Trinajstić information content (AvgIpc) is 2.59. The Labute approximate surface area is 113 Å². The standard InChI is InChI=1S/C17H17NO/c1-12-7-8-15-14(9-12)11-18-17(19)10-16(15)13-5-3-2-4-6-13/h2-9,16H,10-11H2,1H3,(H,18,19). The van der Waals surface area contributed by atoms with Gasteiger partial charge in [-0.15, -0.1) is 0 Å². The summed E-state index contributed by atoms with van der Waals surface area (Å²) in [6, 6.07) is 16.8. The highest BCUT2D eigenvalue weighted by Crippen LogP contribution is 2.32. The first kappa shape index (κ1) is 12.0. The Bertz CT molecular complexity index is 604. The van der Waals surface area contributed by atoms with Gasteiger partial charge in [-0.25, -0.2) is 0 Å². The highest BCUT2D eigenvalue weighted by Gasteiger charge is 2.23. The van der Waals surface area contributed by atoms with Crippen molar-refractivity contribution in [2.75, 3.05) is 0 Å². The minimum atomic E-state index is 0.128. The molecule has 1 atom stereocenters. The fraction of sp³-hybridized carbons (Fsp3) is 0.235. The van der Waals surface area contributed by atoms with E-state index in [0.29, 0.717) is 13.0 Å². The van der Waals surface area contributed by atoms with E-state index in [9.17, 15) is 4.79 Å². The SMILES string of the molecule is Cc1ccc2c(c1)CNC(=O)CC2c1ccccc1. The molecule has 0 saturated carbocycles. The van der Waals surface area contributed by atoms with Crippen LogP contribution in [0.4, 0.5) is 0 Å². The zero-order chi connectivity index (χ0) is 13.2. The Balaban J connectivity index is 2.10. The average molecular weight is 251 g/mol. The van der Waals surface area contributed by atoms with E-state index >= 15 is 0 Å². The van der Waals surface area contributed by atoms with Gasteiger partial charge in [-0.1, -0.05) is 54.1 Å². The molecule has 0 fully saturated rings. The third-order valence-corrected chi connectivity index (χ3v) is 3.74. The van der Waals surface area contributed by atoms with Crippen molar-refractivity contribution in [3.05, 3.63) is 70.8 Å². The van der Waals surface area contributed by atoms with Gasteiger partial charge < -0.3 is 5.32 Å². The maximum absolute atomic E-state index is 11.9. The summed E-state index contributed by atoms with van der Waals surface area (Å²) in [5, 5.41) is 2.99. The van der Waals surface area contributed by atoms with Crippen molar-refractivity contribution in [1.29, 1.82) is 0 Å². The van der Waals surface area contributed by atoms with Gasteiger partial charge in [0.15, 0.2) is 0 Å². The number of aryl methyl sites for hydroxylation is 1. The highest BCUT2D eigenvalue weighted by atomic mass is 16.1. The summed E-state index contributed by atoms with van der Waals surface area (Å²) in [5.74, 6) is 0.294. The van der Waals surface area contributed by atoms with Crippen LogP contribution in [0.25, 0.3) is 0 Å². The maximum Gasteiger partial charge on any atom is 0.221 e. The summed E-state index contributed by atoms with van der Waals surface area (Å²) < 4.78 is 0. The molecule has 96 valence electrons. The number of carbonyl (C=O) groups is 1. The molecule has 2 heteroatoms. The number of amides is 1. The van der Waals surface area contributed by atoms with E-state index in [0.717, 1.165) is 0 Å². The Morgan fingerprint density at radius 2 is 1.89 bits per heavy atom. The smallest absolute Gasteiger partial charge is 0.221 e. The molecule has 1 N–H and O–H groups in total. The van der Waals surface area contributed by atoms with Crippen molar-refractivity contribution < 1.29 is 4.79 Å². The van der Waals surface area contributed by atoms with Crippen LogP contribution in [0, 0.1) is 6.92 Å². The molecule has 2 aromatic carbocycles. The predicted octanol–water partition coefficient (Wildman–Crippen LogP) is 3.15. The summed E-state index contributed by atoms with van der Waals surface area (Å²) in [5.41, 5.74) is 4.96. The molecule has 1 amide bonds. The first-order valence-electron chi connectivity index (χ1n) is 6.65. The summed E-state index contributed by atoms with van der Waals surface area (Å²) in [6.07, 6.45) is 0.528. The van der Waals surface area contributed by atoms with Gasteiger partial charge in [0.1, 0.15) is 0 Å². The van der Waals surface area contributed by atoms with E-state index in [2.05, 4.69) is 42.6 Å². The summed E-state index contributed by atoms with van der Waals surface area (Å²) in [7, 11) is 0. The Kier molecular flexibility index (Phi) is 3.08. The molecule has 1 heterocycles. The number of fused-ring (bicyclic) bond motifs is 1. The van der Waals surface area contributed by atoms with Crippen molar-refractivity contribution in [3.63, 3.8) is 0 Å². The van der Waals surface area contributed by atoms with E-state index in [4.69, 9.17) is 0 Å². The molecule has 3 rings (SSSR count). The first-order valence-corrected chi connectivity index (χ1v) is 6.65. The number of hydrogen-bond donors (Lipinski definition) is 1.